The molecular formula is C21H19N3O. The summed E-state index contributed by atoms with van der Waals surface area (Å²) in [5, 5.41) is 3.29. The Hall–Kier alpha value is -3.14. The molecule has 0 saturated carbocycles. The minimum Gasteiger partial charge on any atom is -0.354 e. The van der Waals surface area contributed by atoms with E-state index in [-0.39, 0.29) is 11.9 Å². The first-order chi connectivity index (χ1) is 12.2. The maximum Gasteiger partial charge on any atom is 0.260 e. The monoisotopic (exact) mass is 329 g/mol. The fourth-order valence-electron chi connectivity index (χ4n) is 3.33. The van der Waals surface area contributed by atoms with Gasteiger partial charge in [0.05, 0.1) is 17.4 Å². The highest BCUT2D eigenvalue weighted by Gasteiger charge is 2.31. The van der Waals surface area contributed by atoms with Crippen LogP contribution < -0.4 is 10.2 Å². The predicted molar refractivity (Wildman–Crippen MR) is 100 cm³/mol. The van der Waals surface area contributed by atoms with E-state index in [4.69, 9.17) is 0 Å². The molecule has 1 N–H and O–H groups in total. The molecule has 124 valence electrons. The quantitative estimate of drug-likeness (QED) is 0.774. The Labute approximate surface area is 147 Å². The first-order valence-corrected chi connectivity index (χ1v) is 8.41. The van der Waals surface area contributed by atoms with Crippen molar-refractivity contribution in [1.82, 2.24) is 4.98 Å². The molecule has 2 aromatic carbocycles. The molecule has 1 aliphatic heterocycles. The Morgan fingerprint density at radius 3 is 2.64 bits per heavy atom. The zero-order valence-electron chi connectivity index (χ0n) is 14.0. The van der Waals surface area contributed by atoms with Gasteiger partial charge in [-0.15, -0.1) is 0 Å². The molecule has 1 unspecified atom stereocenters. The van der Waals surface area contributed by atoms with Gasteiger partial charge < -0.3 is 10.2 Å². The second kappa shape index (κ2) is 6.40. The van der Waals surface area contributed by atoms with Crippen molar-refractivity contribution in [2.24, 2.45) is 0 Å². The zero-order chi connectivity index (χ0) is 17.2. The number of nitrogens with one attached hydrogen (secondary N) is 1. The molecule has 0 fully saturated rings. The van der Waals surface area contributed by atoms with Crippen molar-refractivity contribution in [3.8, 4) is 0 Å². The van der Waals surface area contributed by atoms with Crippen LogP contribution in [0.2, 0.25) is 0 Å². The van der Waals surface area contributed by atoms with Crippen molar-refractivity contribution in [2.45, 2.75) is 19.4 Å². The Kier molecular flexibility index (Phi) is 3.94. The number of pyridine rings is 1. The van der Waals surface area contributed by atoms with E-state index in [2.05, 4.69) is 23.3 Å². The van der Waals surface area contributed by atoms with Gasteiger partial charge in [0, 0.05) is 23.6 Å². The highest BCUT2D eigenvalue weighted by Crippen LogP contribution is 2.33. The number of hydrogen-bond donors (Lipinski definition) is 1. The van der Waals surface area contributed by atoms with E-state index in [1.165, 1.54) is 5.56 Å². The summed E-state index contributed by atoms with van der Waals surface area (Å²) in [5.41, 5.74) is 4.58. The van der Waals surface area contributed by atoms with Gasteiger partial charge in [-0.2, -0.15) is 0 Å². The van der Waals surface area contributed by atoms with E-state index in [0.29, 0.717) is 5.56 Å². The maximum absolute atomic E-state index is 13.1. The molecule has 0 aliphatic carbocycles. The minimum absolute atomic E-state index is 0.0124. The van der Waals surface area contributed by atoms with Gasteiger partial charge >= 0.3 is 0 Å². The van der Waals surface area contributed by atoms with E-state index in [0.717, 1.165) is 23.5 Å². The summed E-state index contributed by atoms with van der Waals surface area (Å²) in [4.78, 5) is 19.2. The summed E-state index contributed by atoms with van der Waals surface area (Å²) in [7, 11) is 0. The fraction of sp³-hybridized carbons (Fsp3) is 0.143. The van der Waals surface area contributed by atoms with Crippen LogP contribution in [-0.2, 0) is 6.42 Å². The second-order valence-electron chi connectivity index (χ2n) is 6.31. The van der Waals surface area contributed by atoms with Crippen LogP contribution in [0.4, 0.5) is 17.1 Å². The third kappa shape index (κ3) is 2.98. The molecule has 1 amide bonds. The lowest BCUT2D eigenvalue weighted by Gasteiger charge is -2.23. The van der Waals surface area contributed by atoms with Gasteiger partial charge in [0.25, 0.3) is 5.91 Å². The molecule has 1 aromatic heterocycles. The lowest BCUT2D eigenvalue weighted by atomic mass is 10.1. The normalized spacial score (nSPS) is 15.7. The number of carbonyl (C=O) groups excluding carboxylic acids is 1. The Balaban J connectivity index is 1.62. The Bertz CT molecular complexity index is 908. The first-order valence-electron chi connectivity index (χ1n) is 8.41. The Morgan fingerprint density at radius 1 is 1.04 bits per heavy atom. The molecule has 3 aromatic rings. The van der Waals surface area contributed by atoms with Gasteiger partial charge in [-0.05, 0) is 43.2 Å². The number of anilines is 3. The molecule has 4 heteroatoms. The van der Waals surface area contributed by atoms with Gasteiger partial charge in [-0.3, -0.25) is 9.78 Å². The molecule has 1 aliphatic rings. The van der Waals surface area contributed by atoms with Crippen molar-refractivity contribution in [2.75, 3.05) is 10.2 Å². The van der Waals surface area contributed by atoms with Crippen molar-refractivity contribution >= 4 is 23.0 Å². The number of amides is 1. The number of carbonyl (C=O) groups is 1. The molecule has 2 heterocycles. The van der Waals surface area contributed by atoms with Crippen molar-refractivity contribution in [3.05, 3.63) is 84.2 Å². The summed E-state index contributed by atoms with van der Waals surface area (Å²) in [6, 6.07) is 20.0. The number of fused-ring (bicyclic) bond motifs is 1. The van der Waals surface area contributed by atoms with Crippen LogP contribution in [0.25, 0.3) is 0 Å². The van der Waals surface area contributed by atoms with Crippen LogP contribution >= 0.6 is 0 Å². The van der Waals surface area contributed by atoms with Gasteiger partial charge in [-0.25, -0.2) is 0 Å². The summed E-state index contributed by atoms with van der Waals surface area (Å²) in [6.07, 6.45) is 4.24. The molecule has 25 heavy (non-hydrogen) atoms. The van der Waals surface area contributed by atoms with Gasteiger partial charge in [-0.1, -0.05) is 36.4 Å². The molecule has 4 nitrogen and oxygen atoms in total. The largest absolute Gasteiger partial charge is 0.354 e. The predicted octanol–water partition coefficient (Wildman–Crippen LogP) is 4.42. The maximum atomic E-state index is 13.1. The van der Waals surface area contributed by atoms with E-state index >= 15 is 0 Å². The molecule has 4 rings (SSSR count). The molecule has 0 saturated heterocycles. The number of hydrogen-bond acceptors (Lipinski definition) is 3. The number of benzene rings is 2. The number of para-hydroxylation sites is 2. The van der Waals surface area contributed by atoms with Crippen LogP contribution in [0, 0.1) is 0 Å². The highest BCUT2D eigenvalue weighted by molar-refractivity contribution is 6.08. The lowest BCUT2D eigenvalue weighted by molar-refractivity contribution is 0.0981. The summed E-state index contributed by atoms with van der Waals surface area (Å²) in [6.45, 7) is 2.08. The number of nitrogens with zero attached hydrogens (tertiary/aromatic N) is 2. The number of rotatable bonds is 3. The average molecular weight is 329 g/mol. The molecule has 0 radical (unpaired) electrons. The zero-order valence-corrected chi connectivity index (χ0v) is 14.0. The SMILES string of the molecule is CC1Cc2ccccc2N1C(=O)c1cncc(Nc2ccccc2)c1. The van der Waals surface area contributed by atoms with Crippen LogP contribution in [0.5, 0.6) is 0 Å². The average Bonchev–Trinajstić information content (AvgIpc) is 2.98. The van der Waals surface area contributed by atoms with E-state index in [1.807, 2.05) is 59.5 Å². The molecule has 0 bridgehead atoms. The molecule has 0 spiro atoms. The summed E-state index contributed by atoms with van der Waals surface area (Å²) in [5.74, 6) is -0.0124. The van der Waals surface area contributed by atoms with Crippen molar-refractivity contribution in [3.63, 3.8) is 0 Å². The second-order valence-corrected chi connectivity index (χ2v) is 6.31. The van der Waals surface area contributed by atoms with Crippen LogP contribution in [0.3, 0.4) is 0 Å². The van der Waals surface area contributed by atoms with Crippen LogP contribution in [-0.4, -0.2) is 16.9 Å². The number of aromatic nitrogens is 1. The van der Waals surface area contributed by atoms with Crippen molar-refractivity contribution < 1.29 is 4.79 Å². The molecule has 1 atom stereocenters. The van der Waals surface area contributed by atoms with Gasteiger partial charge in [0.15, 0.2) is 0 Å². The topological polar surface area (TPSA) is 45.2 Å². The van der Waals surface area contributed by atoms with Crippen LogP contribution in [0.15, 0.2) is 73.1 Å². The van der Waals surface area contributed by atoms with E-state index in [1.54, 1.807) is 12.4 Å². The Morgan fingerprint density at radius 2 is 1.80 bits per heavy atom. The molecular weight excluding hydrogens is 310 g/mol. The van der Waals surface area contributed by atoms with Gasteiger partial charge in [0.1, 0.15) is 0 Å². The first kappa shape index (κ1) is 15.4. The standard InChI is InChI=1S/C21H19N3O/c1-15-11-16-7-5-6-10-20(16)24(15)21(25)17-12-19(14-22-13-17)23-18-8-3-2-4-9-18/h2-10,12-15,23H,11H2,1H3. The van der Waals surface area contributed by atoms with E-state index < -0.39 is 0 Å². The summed E-state index contributed by atoms with van der Waals surface area (Å²) >= 11 is 0. The van der Waals surface area contributed by atoms with Crippen LogP contribution in [0.1, 0.15) is 22.8 Å². The highest BCUT2D eigenvalue weighted by atomic mass is 16.2. The minimum atomic E-state index is -0.0124. The third-order valence-corrected chi connectivity index (χ3v) is 4.47. The van der Waals surface area contributed by atoms with E-state index in [9.17, 15) is 4.79 Å². The van der Waals surface area contributed by atoms with Crippen molar-refractivity contribution in [1.29, 1.82) is 0 Å². The third-order valence-electron chi connectivity index (χ3n) is 4.47. The van der Waals surface area contributed by atoms with Gasteiger partial charge in [0.2, 0.25) is 0 Å². The smallest absolute Gasteiger partial charge is 0.260 e. The summed E-state index contributed by atoms with van der Waals surface area (Å²) < 4.78 is 0. The fourth-order valence-corrected chi connectivity index (χ4v) is 3.33. The lowest BCUT2D eigenvalue weighted by Crippen LogP contribution is -2.35.